The van der Waals surface area contributed by atoms with Crippen LogP contribution in [0.2, 0.25) is 0 Å². The number of halogens is 3. The largest absolute Gasteiger partial charge is 0.391 e. The molecule has 0 aliphatic heterocycles. The van der Waals surface area contributed by atoms with Gasteiger partial charge in [-0.2, -0.15) is 18.4 Å². The van der Waals surface area contributed by atoms with Gasteiger partial charge in [0.05, 0.1) is 18.3 Å². The lowest BCUT2D eigenvalue weighted by Crippen LogP contribution is -2.48. The van der Waals surface area contributed by atoms with E-state index in [1.165, 1.54) is 12.4 Å². The number of alkyl halides is 3. The van der Waals surface area contributed by atoms with Gasteiger partial charge in [0.25, 0.3) is 0 Å². The molecule has 0 aromatic carbocycles. The molecule has 0 unspecified atom stereocenters. The first-order chi connectivity index (χ1) is 8.41. The average molecular weight is 256 g/mol. The minimum absolute atomic E-state index is 0.0850. The Morgan fingerprint density at radius 2 is 2.00 bits per heavy atom. The van der Waals surface area contributed by atoms with Crippen LogP contribution in [0.3, 0.4) is 0 Å². The molecule has 0 saturated heterocycles. The summed E-state index contributed by atoms with van der Waals surface area (Å²) in [7, 11) is 1.69. The Morgan fingerprint density at radius 1 is 1.33 bits per heavy atom. The number of hydrogen-bond acceptors (Lipinski definition) is 4. The average Bonchev–Trinajstić information content (AvgIpc) is 2.25. The van der Waals surface area contributed by atoms with Crippen molar-refractivity contribution in [2.24, 2.45) is 5.92 Å². The molecule has 0 bridgehead atoms. The second kappa shape index (κ2) is 4.44. The summed E-state index contributed by atoms with van der Waals surface area (Å²) in [6.45, 7) is 0. The topological polar surface area (TPSA) is 52.8 Å². The van der Waals surface area contributed by atoms with Crippen LogP contribution in [0.25, 0.3) is 0 Å². The fourth-order valence-electron chi connectivity index (χ4n) is 1.92. The van der Waals surface area contributed by atoms with Crippen molar-refractivity contribution in [3.63, 3.8) is 0 Å². The van der Waals surface area contributed by atoms with Crippen LogP contribution in [0.5, 0.6) is 0 Å². The Kier molecular flexibility index (Phi) is 3.11. The van der Waals surface area contributed by atoms with Gasteiger partial charge in [-0.15, -0.1) is 0 Å². The number of rotatable bonds is 2. The fourth-order valence-corrected chi connectivity index (χ4v) is 1.92. The van der Waals surface area contributed by atoms with E-state index >= 15 is 0 Å². The van der Waals surface area contributed by atoms with Crippen LogP contribution >= 0.6 is 0 Å². The Morgan fingerprint density at radius 3 is 2.44 bits per heavy atom. The zero-order valence-corrected chi connectivity index (χ0v) is 9.65. The highest BCUT2D eigenvalue weighted by Gasteiger charge is 2.49. The molecule has 0 N–H and O–H groups in total. The molecule has 1 fully saturated rings. The zero-order chi connectivity index (χ0) is 13.3. The molecule has 1 heterocycles. The molecule has 0 amide bonds. The Hall–Kier alpha value is -1.84. The summed E-state index contributed by atoms with van der Waals surface area (Å²) >= 11 is 0. The van der Waals surface area contributed by atoms with E-state index in [1.807, 2.05) is 6.07 Å². The van der Waals surface area contributed by atoms with Gasteiger partial charge in [-0.05, 0) is 12.8 Å². The van der Waals surface area contributed by atoms with Crippen molar-refractivity contribution in [1.82, 2.24) is 9.97 Å². The molecule has 1 aliphatic rings. The van der Waals surface area contributed by atoms with E-state index in [2.05, 4.69) is 9.97 Å². The smallest absolute Gasteiger partial charge is 0.355 e. The number of nitriles is 1. The van der Waals surface area contributed by atoms with Gasteiger partial charge in [0, 0.05) is 13.1 Å². The molecule has 1 saturated carbocycles. The fraction of sp³-hybridized carbons (Fsp3) is 0.545. The number of nitrogens with zero attached hydrogens (tertiary/aromatic N) is 4. The quantitative estimate of drug-likeness (QED) is 0.813. The molecule has 7 heteroatoms. The first-order valence-corrected chi connectivity index (χ1v) is 5.43. The first-order valence-electron chi connectivity index (χ1n) is 5.43. The summed E-state index contributed by atoms with van der Waals surface area (Å²) in [5.74, 6) is -0.726. The standard InChI is InChI=1S/C11H11F3N4/c1-18(9-2-7(3-9)11(12,13)14)10-6-16-8(4-15)5-17-10/h5-7,9H,2-3H2,1H3. The van der Waals surface area contributed by atoms with E-state index in [4.69, 9.17) is 5.26 Å². The summed E-state index contributed by atoms with van der Waals surface area (Å²) in [5.41, 5.74) is 0.189. The maximum Gasteiger partial charge on any atom is 0.391 e. The van der Waals surface area contributed by atoms with Crippen LogP contribution in [0.1, 0.15) is 18.5 Å². The van der Waals surface area contributed by atoms with Gasteiger partial charge in [-0.1, -0.05) is 0 Å². The predicted octanol–water partition coefficient (Wildman–Crippen LogP) is 2.13. The summed E-state index contributed by atoms with van der Waals surface area (Å²) in [5, 5.41) is 8.57. The van der Waals surface area contributed by atoms with Gasteiger partial charge < -0.3 is 4.90 Å². The van der Waals surface area contributed by atoms with E-state index in [9.17, 15) is 13.2 Å². The van der Waals surface area contributed by atoms with Crippen molar-refractivity contribution >= 4 is 5.82 Å². The number of hydrogen-bond donors (Lipinski definition) is 0. The summed E-state index contributed by atoms with van der Waals surface area (Å²) in [6.07, 6.45) is -1.22. The van der Waals surface area contributed by atoms with Crippen molar-refractivity contribution in [3.05, 3.63) is 18.1 Å². The molecule has 1 aliphatic carbocycles. The number of anilines is 1. The van der Waals surface area contributed by atoms with Crippen molar-refractivity contribution in [3.8, 4) is 6.07 Å². The molecule has 4 nitrogen and oxygen atoms in total. The van der Waals surface area contributed by atoms with E-state index in [0.29, 0.717) is 5.82 Å². The maximum atomic E-state index is 12.4. The van der Waals surface area contributed by atoms with E-state index < -0.39 is 12.1 Å². The van der Waals surface area contributed by atoms with Crippen molar-refractivity contribution < 1.29 is 13.2 Å². The molecular formula is C11H11F3N4. The van der Waals surface area contributed by atoms with Crippen LogP contribution in [0, 0.1) is 17.2 Å². The molecule has 1 aromatic heterocycles. The van der Waals surface area contributed by atoms with Crippen molar-refractivity contribution in [2.45, 2.75) is 25.1 Å². The SMILES string of the molecule is CN(c1cnc(C#N)cn1)C1CC(C(F)(F)F)C1. The highest BCUT2D eigenvalue weighted by molar-refractivity contribution is 5.38. The highest BCUT2D eigenvalue weighted by atomic mass is 19.4. The molecule has 2 rings (SSSR count). The second-order valence-corrected chi connectivity index (χ2v) is 4.35. The summed E-state index contributed by atoms with van der Waals surface area (Å²) in [6, 6.07) is 1.67. The maximum absolute atomic E-state index is 12.4. The minimum atomic E-state index is -4.10. The van der Waals surface area contributed by atoms with Crippen molar-refractivity contribution in [1.29, 1.82) is 5.26 Å². The molecule has 0 spiro atoms. The second-order valence-electron chi connectivity index (χ2n) is 4.35. The molecule has 0 radical (unpaired) electrons. The predicted molar refractivity (Wildman–Crippen MR) is 57.7 cm³/mol. The zero-order valence-electron chi connectivity index (χ0n) is 9.65. The Bertz CT molecular complexity index is 457. The van der Waals surface area contributed by atoms with Gasteiger partial charge >= 0.3 is 6.18 Å². The Labute approximate surface area is 102 Å². The third-order valence-corrected chi connectivity index (χ3v) is 3.24. The molecule has 18 heavy (non-hydrogen) atoms. The Balaban J connectivity index is 1.97. The van der Waals surface area contributed by atoms with Crippen LogP contribution in [-0.4, -0.2) is 29.2 Å². The third kappa shape index (κ3) is 2.37. The summed E-state index contributed by atoms with van der Waals surface area (Å²) in [4.78, 5) is 9.52. The van der Waals surface area contributed by atoms with Gasteiger partial charge in [0.2, 0.25) is 0 Å². The van der Waals surface area contributed by atoms with E-state index in [-0.39, 0.29) is 24.6 Å². The van der Waals surface area contributed by atoms with Crippen LogP contribution in [0.4, 0.5) is 19.0 Å². The van der Waals surface area contributed by atoms with Gasteiger partial charge in [0.15, 0.2) is 5.69 Å². The van der Waals surface area contributed by atoms with Gasteiger partial charge in [-0.25, -0.2) is 9.97 Å². The van der Waals surface area contributed by atoms with Crippen LogP contribution in [0.15, 0.2) is 12.4 Å². The van der Waals surface area contributed by atoms with Crippen LogP contribution in [-0.2, 0) is 0 Å². The lowest BCUT2D eigenvalue weighted by molar-refractivity contribution is -0.196. The third-order valence-electron chi connectivity index (χ3n) is 3.24. The lowest BCUT2D eigenvalue weighted by atomic mass is 9.79. The lowest BCUT2D eigenvalue weighted by Gasteiger charge is -2.42. The minimum Gasteiger partial charge on any atom is -0.355 e. The van der Waals surface area contributed by atoms with Crippen LogP contribution < -0.4 is 4.90 Å². The first kappa shape index (κ1) is 12.6. The molecule has 1 aromatic rings. The molecule has 96 valence electrons. The summed E-state index contributed by atoms with van der Waals surface area (Å²) < 4.78 is 37.1. The van der Waals surface area contributed by atoms with E-state index in [0.717, 1.165) is 0 Å². The van der Waals surface area contributed by atoms with E-state index in [1.54, 1.807) is 11.9 Å². The van der Waals surface area contributed by atoms with Gasteiger partial charge in [-0.3, -0.25) is 0 Å². The highest BCUT2D eigenvalue weighted by Crippen LogP contribution is 2.43. The van der Waals surface area contributed by atoms with Gasteiger partial charge in [0.1, 0.15) is 11.9 Å². The normalized spacial score (nSPS) is 23.1. The number of aromatic nitrogens is 2. The molecule has 0 atom stereocenters. The molecular weight excluding hydrogens is 245 g/mol. The van der Waals surface area contributed by atoms with Crippen molar-refractivity contribution in [2.75, 3.05) is 11.9 Å². The monoisotopic (exact) mass is 256 g/mol.